The molecule has 2 N–H and O–H groups in total. The monoisotopic (exact) mass is 150 g/mol. The molecule has 3 nitrogen and oxygen atoms in total. The topological polar surface area (TPSA) is 49.7 Å². The summed E-state index contributed by atoms with van der Waals surface area (Å²) >= 11 is 0. The van der Waals surface area contributed by atoms with Crippen molar-refractivity contribution >= 4 is 21.0 Å². The predicted octanol–water partition coefficient (Wildman–Crippen LogP) is -2.71. The summed E-state index contributed by atoms with van der Waals surface area (Å²) in [4.78, 5) is 0. The molecule has 0 aliphatic carbocycles. The second-order valence-corrected chi connectivity index (χ2v) is 3.67. The maximum Gasteiger partial charge on any atom is 0.129 e. The summed E-state index contributed by atoms with van der Waals surface area (Å²) in [6, 6.07) is 0. The largest absolute Gasteiger partial charge is 0.471 e. The fraction of sp³-hybridized carbons (Fsp3) is 0. The number of hydrogen-bond acceptors (Lipinski definition) is 3. The zero-order chi connectivity index (χ0) is 6.71. The molecule has 0 aromatic heterocycles. The summed E-state index contributed by atoms with van der Waals surface area (Å²) in [6.45, 7) is 0. The van der Waals surface area contributed by atoms with Gasteiger partial charge in [0.2, 0.25) is 0 Å². The standard InChI is InChI=1S/2FHO.H6OSi2/c2*1-2;2-1-3/h2*2H;2-3H3. The molecule has 0 aliphatic rings. The van der Waals surface area contributed by atoms with Gasteiger partial charge in [0.25, 0.3) is 0 Å². The summed E-state index contributed by atoms with van der Waals surface area (Å²) < 4.78 is 21.5. The van der Waals surface area contributed by atoms with Crippen LogP contribution in [0.2, 0.25) is 0 Å². The van der Waals surface area contributed by atoms with Gasteiger partial charge in [-0.05, 0) is 0 Å². The summed E-state index contributed by atoms with van der Waals surface area (Å²) in [7, 11) is 1.86. The van der Waals surface area contributed by atoms with Crippen molar-refractivity contribution in [3.63, 3.8) is 0 Å². The van der Waals surface area contributed by atoms with E-state index >= 15 is 0 Å². The Morgan fingerprint density at radius 3 is 1.00 bits per heavy atom. The molecule has 7 heavy (non-hydrogen) atoms. The molecule has 7 heteroatoms. The lowest BCUT2D eigenvalue weighted by Crippen LogP contribution is -1.65. The average Bonchev–Trinajstić information content (AvgIpc) is 1.78. The zero-order valence-corrected chi connectivity index (χ0v) is 8.06. The quantitative estimate of drug-likeness (QED) is 0.369. The Kier molecular flexibility index (Phi) is 269. The minimum Gasteiger partial charge on any atom is -0.471 e. The lowest BCUT2D eigenvalue weighted by molar-refractivity contribution is -0.0442. The van der Waals surface area contributed by atoms with Crippen molar-refractivity contribution < 1.29 is 23.8 Å². The van der Waals surface area contributed by atoms with E-state index in [1.54, 1.807) is 0 Å². The van der Waals surface area contributed by atoms with Gasteiger partial charge in [-0.2, -0.15) is 0 Å². The van der Waals surface area contributed by atoms with Crippen LogP contribution in [0.5, 0.6) is 0 Å². The van der Waals surface area contributed by atoms with Gasteiger partial charge in [-0.3, -0.25) is 0 Å². The molecule has 0 radical (unpaired) electrons. The first-order chi connectivity index (χ1) is 3.41. The minimum absolute atomic E-state index is 0.931. The molecular weight excluding hydrogens is 142 g/mol. The van der Waals surface area contributed by atoms with Gasteiger partial charge in [-0.1, -0.05) is 9.05 Å². The van der Waals surface area contributed by atoms with Crippen molar-refractivity contribution in [3.05, 3.63) is 0 Å². The van der Waals surface area contributed by atoms with Crippen LogP contribution in [0.15, 0.2) is 0 Å². The van der Waals surface area contributed by atoms with E-state index in [1.807, 2.05) is 0 Å². The van der Waals surface area contributed by atoms with Gasteiger partial charge in [-0.15, -0.1) is 0 Å². The molecule has 0 unspecified atom stereocenters. The fourth-order valence-corrected chi connectivity index (χ4v) is 0. The highest BCUT2D eigenvalue weighted by Crippen LogP contribution is 1.20. The molecule has 0 spiro atoms. The van der Waals surface area contributed by atoms with E-state index in [9.17, 15) is 0 Å². The van der Waals surface area contributed by atoms with E-state index in [0.29, 0.717) is 0 Å². The maximum atomic E-state index is 8.50. The second-order valence-electron chi connectivity index (χ2n) is 0.408. The lowest BCUT2D eigenvalue weighted by Gasteiger charge is -1.62. The van der Waals surface area contributed by atoms with E-state index in [2.05, 4.69) is 4.12 Å². The zero-order valence-electron chi connectivity index (χ0n) is 4.06. The van der Waals surface area contributed by atoms with E-state index < -0.39 is 0 Å². The molecule has 0 aromatic carbocycles. The Hall–Kier alpha value is 0.174. The third-order valence-corrected chi connectivity index (χ3v) is 0. The molecular formula is H8F2O3Si2. The summed E-state index contributed by atoms with van der Waals surface area (Å²) in [6.07, 6.45) is 0. The normalized spacial score (nSPS) is 5.14. The Morgan fingerprint density at radius 2 is 1.00 bits per heavy atom. The van der Waals surface area contributed by atoms with Crippen LogP contribution < -0.4 is 0 Å². The Balaban J connectivity index is -0.0000000360. The second kappa shape index (κ2) is 120. The van der Waals surface area contributed by atoms with Crippen LogP contribution in [0.1, 0.15) is 0 Å². The van der Waals surface area contributed by atoms with Crippen LogP contribution in [-0.4, -0.2) is 31.6 Å². The Morgan fingerprint density at radius 1 is 1.00 bits per heavy atom. The summed E-state index contributed by atoms with van der Waals surface area (Å²) in [5.74, 6) is 0. The third-order valence-electron chi connectivity index (χ3n) is 0. The van der Waals surface area contributed by atoms with Gasteiger partial charge in [0.1, 0.15) is 21.0 Å². The van der Waals surface area contributed by atoms with Crippen LogP contribution in [-0.2, 0) is 4.12 Å². The van der Waals surface area contributed by atoms with Gasteiger partial charge >= 0.3 is 0 Å². The first-order valence-electron chi connectivity index (χ1n) is 1.15. The molecule has 0 saturated carbocycles. The first kappa shape index (κ1) is 15.7. The Labute approximate surface area is 45.8 Å². The van der Waals surface area contributed by atoms with Gasteiger partial charge in [0, 0.05) is 0 Å². The molecule has 48 valence electrons. The average molecular weight is 150 g/mol. The van der Waals surface area contributed by atoms with Crippen LogP contribution >= 0.6 is 0 Å². The molecule has 0 amide bonds. The van der Waals surface area contributed by atoms with Gasteiger partial charge in [-0.25, -0.2) is 10.6 Å². The van der Waals surface area contributed by atoms with Gasteiger partial charge in [0.15, 0.2) is 0 Å². The molecule has 0 rings (SSSR count). The smallest absolute Gasteiger partial charge is 0.129 e. The van der Waals surface area contributed by atoms with Gasteiger partial charge in [0.05, 0.1) is 0 Å². The molecule has 0 bridgehead atoms. The van der Waals surface area contributed by atoms with Crippen LogP contribution in [0.25, 0.3) is 0 Å². The van der Waals surface area contributed by atoms with E-state index in [-0.39, 0.29) is 0 Å². The number of halogens is 2. The van der Waals surface area contributed by atoms with E-state index in [4.69, 9.17) is 19.7 Å². The van der Waals surface area contributed by atoms with E-state index in [1.165, 1.54) is 0 Å². The predicted molar refractivity (Wildman–Crippen MR) is 27.6 cm³/mol. The maximum absolute atomic E-state index is 8.50. The first-order valence-corrected chi connectivity index (χ1v) is 2.79. The molecule has 0 heterocycles. The van der Waals surface area contributed by atoms with Crippen molar-refractivity contribution in [3.8, 4) is 0 Å². The van der Waals surface area contributed by atoms with Crippen molar-refractivity contribution in [2.24, 2.45) is 0 Å². The van der Waals surface area contributed by atoms with Crippen LogP contribution in [0.4, 0.5) is 9.05 Å². The van der Waals surface area contributed by atoms with Gasteiger partial charge < -0.3 is 4.12 Å². The van der Waals surface area contributed by atoms with Crippen molar-refractivity contribution in [1.82, 2.24) is 0 Å². The van der Waals surface area contributed by atoms with Crippen molar-refractivity contribution in [2.75, 3.05) is 0 Å². The van der Waals surface area contributed by atoms with E-state index in [0.717, 1.165) is 21.0 Å². The highest BCUT2D eigenvalue weighted by Gasteiger charge is 1.28. The summed E-state index contributed by atoms with van der Waals surface area (Å²) in [5.41, 5.74) is 0. The molecule has 0 aromatic rings. The molecule has 0 atom stereocenters. The van der Waals surface area contributed by atoms with Crippen molar-refractivity contribution in [1.29, 1.82) is 0 Å². The molecule has 0 fully saturated rings. The lowest BCUT2D eigenvalue weighted by atomic mass is 15.7. The van der Waals surface area contributed by atoms with Crippen molar-refractivity contribution in [2.45, 2.75) is 0 Å². The number of hydrogen-bond donors (Lipinski definition) is 2. The minimum atomic E-state index is 0.931. The fourth-order valence-electron chi connectivity index (χ4n) is 0. The van der Waals surface area contributed by atoms with Crippen LogP contribution in [0, 0.1) is 0 Å². The molecule has 0 saturated heterocycles. The molecule has 0 aliphatic heterocycles. The summed E-state index contributed by atoms with van der Waals surface area (Å²) in [5, 5.41) is 11.0. The third kappa shape index (κ3) is 3560. The Bertz CT molecular complexity index is 10.9. The highest BCUT2D eigenvalue weighted by atomic mass is 28.3. The highest BCUT2D eigenvalue weighted by molar-refractivity contribution is 6.15. The van der Waals surface area contributed by atoms with Crippen LogP contribution in [0.3, 0.4) is 0 Å². The number of rotatable bonds is 0. The SMILES string of the molecule is OF.OF.[SiH3]O[SiH3].